The van der Waals surface area contributed by atoms with Gasteiger partial charge in [0.1, 0.15) is 23.1 Å². The fraction of sp³-hybridized carbons (Fsp3) is 0.333. The molecule has 2 aliphatic rings. The van der Waals surface area contributed by atoms with E-state index in [-0.39, 0.29) is 22.9 Å². The van der Waals surface area contributed by atoms with Crippen LogP contribution in [0.25, 0.3) is 5.76 Å². The maximum atomic E-state index is 13.6. The Balaban J connectivity index is 1.92. The summed E-state index contributed by atoms with van der Waals surface area (Å²) in [4.78, 5) is 27.8. The lowest BCUT2D eigenvalue weighted by atomic mass is 9.94. The number of likely N-dealkylation sites (tertiary alicyclic amines) is 1. The van der Waals surface area contributed by atoms with Crippen LogP contribution in [0.1, 0.15) is 42.9 Å². The van der Waals surface area contributed by atoms with E-state index in [9.17, 15) is 19.1 Å². The summed E-state index contributed by atoms with van der Waals surface area (Å²) in [5.74, 6) is -1.37. The van der Waals surface area contributed by atoms with Crippen LogP contribution in [0.15, 0.2) is 48.0 Å². The molecule has 1 unspecified atom stereocenters. The normalized spacial score (nSPS) is 21.0. The second-order valence-electron chi connectivity index (χ2n) is 7.76. The van der Waals surface area contributed by atoms with Crippen molar-refractivity contribution in [3.63, 3.8) is 0 Å². The molecule has 0 aromatic heterocycles. The van der Waals surface area contributed by atoms with E-state index in [2.05, 4.69) is 0 Å². The van der Waals surface area contributed by atoms with Crippen molar-refractivity contribution in [3.05, 3.63) is 65.0 Å². The Morgan fingerprint density at radius 1 is 1.03 bits per heavy atom. The van der Waals surface area contributed by atoms with Crippen molar-refractivity contribution in [1.82, 2.24) is 4.90 Å². The second kappa shape index (κ2) is 8.41. The van der Waals surface area contributed by atoms with E-state index in [1.54, 1.807) is 35.2 Å². The van der Waals surface area contributed by atoms with E-state index in [1.165, 1.54) is 26.4 Å². The average Bonchev–Trinajstić information content (AvgIpc) is 3.40. The van der Waals surface area contributed by atoms with Crippen LogP contribution >= 0.6 is 0 Å². The van der Waals surface area contributed by atoms with Crippen molar-refractivity contribution in [3.8, 4) is 11.5 Å². The van der Waals surface area contributed by atoms with E-state index in [4.69, 9.17) is 9.47 Å². The van der Waals surface area contributed by atoms with E-state index in [1.807, 2.05) is 0 Å². The summed E-state index contributed by atoms with van der Waals surface area (Å²) >= 11 is 0. The lowest BCUT2D eigenvalue weighted by Crippen LogP contribution is -2.37. The number of halogens is 1. The maximum Gasteiger partial charge on any atom is 0.295 e. The number of benzene rings is 2. The van der Waals surface area contributed by atoms with Crippen molar-refractivity contribution < 1.29 is 28.6 Å². The molecule has 1 N–H and O–H groups in total. The summed E-state index contributed by atoms with van der Waals surface area (Å²) in [6.07, 6.45) is 3.50. The number of methoxy groups -OCH3 is 2. The number of hydrogen-bond donors (Lipinski definition) is 1. The molecule has 0 bridgehead atoms. The van der Waals surface area contributed by atoms with Gasteiger partial charge in [-0.3, -0.25) is 9.59 Å². The van der Waals surface area contributed by atoms with Crippen LogP contribution in [0.4, 0.5) is 4.39 Å². The monoisotopic (exact) mass is 425 g/mol. The summed E-state index contributed by atoms with van der Waals surface area (Å²) < 4.78 is 24.2. The molecule has 2 fully saturated rings. The first kappa shape index (κ1) is 20.9. The zero-order valence-corrected chi connectivity index (χ0v) is 17.4. The Morgan fingerprint density at radius 3 is 2.32 bits per heavy atom. The third kappa shape index (κ3) is 3.65. The minimum absolute atomic E-state index is 0.0324. The smallest absolute Gasteiger partial charge is 0.295 e. The zero-order chi connectivity index (χ0) is 22.1. The molecule has 1 amide bonds. The van der Waals surface area contributed by atoms with Gasteiger partial charge in [0.2, 0.25) is 0 Å². The van der Waals surface area contributed by atoms with Crippen molar-refractivity contribution >= 4 is 17.4 Å². The number of aliphatic hydroxyl groups is 1. The molecule has 1 aliphatic heterocycles. The SMILES string of the molecule is COc1ccc(OC)c(/C(O)=C2\C(=O)C(=O)N(C3CCCC3)C2c2ccc(F)cc2)c1. The van der Waals surface area contributed by atoms with Crippen molar-refractivity contribution in [2.75, 3.05) is 14.2 Å². The quantitative estimate of drug-likeness (QED) is 0.441. The Labute approximate surface area is 179 Å². The maximum absolute atomic E-state index is 13.6. The second-order valence-corrected chi connectivity index (χ2v) is 7.76. The number of amides is 1. The average molecular weight is 425 g/mol. The minimum Gasteiger partial charge on any atom is -0.507 e. The molecule has 1 aliphatic carbocycles. The van der Waals surface area contributed by atoms with Gasteiger partial charge in [0.05, 0.1) is 31.4 Å². The van der Waals surface area contributed by atoms with Crippen molar-refractivity contribution in [1.29, 1.82) is 0 Å². The number of hydrogen-bond acceptors (Lipinski definition) is 5. The van der Waals surface area contributed by atoms with Crippen molar-refractivity contribution in [2.24, 2.45) is 0 Å². The van der Waals surface area contributed by atoms with Crippen LogP contribution in [-0.2, 0) is 9.59 Å². The Hall–Kier alpha value is -3.35. The molecule has 162 valence electrons. The topological polar surface area (TPSA) is 76.1 Å². The molecule has 4 rings (SSSR count). The highest BCUT2D eigenvalue weighted by Crippen LogP contribution is 2.44. The summed E-state index contributed by atoms with van der Waals surface area (Å²) in [7, 11) is 2.94. The fourth-order valence-corrected chi connectivity index (χ4v) is 4.53. The van der Waals surface area contributed by atoms with Crippen LogP contribution < -0.4 is 9.47 Å². The first-order valence-corrected chi connectivity index (χ1v) is 10.2. The van der Waals surface area contributed by atoms with Gasteiger partial charge < -0.3 is 19.5 Å². The third-order valence-electron chi connectivity index (χ3n) is 6.05. The van der Waals surface area contributed by atoms with Crippen molar-refractivity contribution in [2.45, 2.75) is 37.8 Å². The number of carbonyl (C=O) groups excluding carboxylic acids is 2. The molecule has 0 spiro atoms. The highest BCUT2D eigenvalue weighted by Gasteiger charge is 2.49. The molecular formula is C24H24FNO5. The minimum atomic E-state index is -0.806. The predicted molar refractivity (Wildman–Crippen MR) is 112 cm³/mol. The predicted octanol–water partition coefficient (Wildman–Crippen LogP) is 4.21. The fourth-order valence-electron chi connectivity index (χ4n) is 4.53. The molecule has 2 aromatic rings. The van der Waals surface area contributed by atoms with Gasteiger partial charge in [-0.1, -0.05) is 25.0 Å². The largest absolute Gasteiger partial charge is 0.507 e. The van der Waals surface area contributed by atoms with Gasteiger partial charge in [0.15, 0.2) is 0 Å². The number of nitrogens with zero attached hydrogens (tertiary/aromatic N) is 1. The molecule has 1 heterocycles. The Kier molecular flexibility index (Phi) is 5.67. The van der Waals surface area contributed by atoms with Gasteiger partial charge in [-0.2, -0.15) is 0 Å². The van der Waals surface area contributed by atoms with Crippen LogP contribution in [0.2, 0.25) is 0 Å². The van der Waals surface area contributed by atoms with E-state index < -0.39 is 23.5 Å². The Bertz CT molecular complexity index is 1040. The molecule has 1 atom stereocenters. The van der Waals surface area contributed by atoms with Gasteiger partial charge in [0.25, 0.3) is 11.7 Å². The summed E-state index contributed by atoms with van der Waals surface area (Å²) in [6.45, 7) is 0. The molecular weight excluding hydrogens is 401 g/mol. The summed E-state index contributed by atoms with van der Waals surface area (Å²) in [6, 6.07) is 9.60. The number of rotatable bonds is 5. The van der Waals surface area contributed by atoms with Gasteiger partial charge in [-0.05, 0) is 48.7 Å². The molecule has 6 nitrogen and oxygen atoms in total. The Morgan fingerprint density at radius 2 is 1.71 bits per heavy atom. The standard InChI is InChI=1S/C24H24FNO5/c1-30-17-11-12-19(31-2)18(13-17)22(27)20-21(14-7-9-15(25)10-8-14)26(24(29)23(20)28)16-5-3-4-6-16/h7-13,16,21,27H,3-6H2,1-2H3/b22-20+. The molecule has 7 heteroatoms. The molecule has 2 aromatic carbocycles. The van der Waals surface area contributed by atoms with Crippen LogP contribution in [-0.4, -0.2) is 42.0 Å². The lowest BCUT2D eigenvalue weighted by molar-refractivity contribution is -0.141. The summed E-state index contributed by atoms with van der Waals surface area (Å²) in [5, 5.41) is 11.3. The van der Waals surface area contributed by atoms with E-state index in [0.29, 0.717) is 17.1 Å². The highest BCUT2D eigenvalue weighted by molar-refractivity contribution is 6.46. The van der Waals surface area contributed by atoms with Gasteiger partial charge in [-0.25, -0.2) is 4.39 Å². The number of ether oxygens (including phenoxy) is 2. The number of ketones is 1. The lowest BCUT2D eigenvalue weighted by Gasteiger charge is -2.30. The first-order chi connectivity index (χ1) is 15.0. The third-order valence-corrected chi connectivity index (χ3v) is 6.05. The summed E-state index contributed by atoms with van der Waals surface area (Å²) in [5.41, 5.74) is 0.782. The highest BCUT2D eigenvalue weighted by atomic mass is 19.1. The van der Waals surface area contributed by atoms with Gasteiger partial charge >= 0.3 is 0 Å². The molecule has 0 radical (unpaired) electrons. The zero-order valence-electron chi connectivity index (χ0n) is 17.4. The van der Waals surface area contributed by atoms with Crippen LogP contribution in [0.5, 0.6) is 11.5 Å². The van der Waals surface area contributed by atoms with E-state index >= 15 is 0 Å². The van der Waals surface area contributed by atoms with E-state index in [0.717, 1.165) is 25.7 Å². The van der Waals surface area contributed by atoms with Gasteiger partial charge in [-0.15, -0.1) is 0 Å². The van der Waals surface area contributed by atoms with Gasteiger partial charge in [0, 0.05) is 6.04 Å². The molecule has 1 saturated carbocycles. The van der Waals surface area contributed by atoms with Crippen LogP contribution in [0, 0.1) is 5.82 Å². The number of Topliss-reactive ketones (excluding diaryl/α,β-unsaturated/α-hetero) is 1. The molecule has 1 saturated heterocycles. The number of aliphatic hydroxyl groups excluding tert-OH is 1. The first-order valence-electron chi connectivity index (χ1n) is 10.2. The van der Waals surface area contributed by atoms with Crippen LogP contribution in [0.3, 0.4) is 0 Å². The number of carbonyl (C=O) groups is 2. The molecule has 31 heavy (non-hydrogen) atoms.